The highest BCUT2D eigenvalue weighted by Gasteiger charge is 2.08. The third-order valence-corrected chi connectivity index (χ3v) is 3.76. The van der Waals surface area contributed by atoms with Gasteiger partial charge in [-0.05, 0) is 31.2 Å². The first kappa shape index (κ1) is 14.3. The number of rotatable bonds is 5. The Hall–Kier alpha value is -2.67. The van der Waals surface area contributed by atoms with Crippen LogP contribution in [0.3, 0.4) is 0 Å². The van der Waals surface area contributed by atoms with E-state index in [1.165, 1.54) is 6.26 Å². The van der Waals surface area contributed by atoms with Crippen molar-refractivity contribution in [2.24, 2.45) is 0 Å². The molecule has 22 heavy (non-hydrogen) atoms. The van der Waals surface area contributed by atoms with Gasteiger partial charge in [0.05, 0.1) is 0 Å². The van der Waals surface area contributed by atoms with Crippen molar-refractivity contribution in [3.8, 4) is 5.75 Å². The van der Waals surface area contributed by atoms with Crippen LogP contribution >= 0.6 is 11.3 Å². The molecule has 0 radical (unpaired) electrons. The molecule has 1 aromatic carbocycles. The maximum absolute atomic E-state index is 12.0. The molecule has 1 N–H and O–H groups in total. The van der Waals surface area contributed by atoms with Crippen LogP contribution < -0.4 is 10.1 Å². The Morgan fingerprint density at radius 2 is 2.14 bits per heavy atom. The Morgan fingerprint density at radius 1 is 1.32 bits per heavy atom. The number of thiazole rings is 1. The van der Waals surface area contributed by atoms with Gasteiger partial charge in [-0.3, -0.25) is 4.79 Å². The Balaban J connectivity index is 1.58. The number of carbonyl (C=O) groups is 1. The fraction of sp³-hybridized carbons (Fsp3) is 0.133. The van der Waals surface area contributed by atoms with E-state index in [9.17, 15) is 4.79 Å². The molecule has 0 bridgehead atoms. The predicted octanol–water partition coefficient (Wildman–Crippen LogP) is 3.27. The largest absolute Gasteiger partial charge is 0.486 e. The molecule has 6 nitrogen and oxygen atoms in total. The van der Waals surface area contributed by atoms with Crippen molar-refractivity contribution < 1.29 is 14.1 Å². The highest BCUT2D eigenvalue weighted by Crippen LogP contribution is 2.16. The zero-order valence-corrected chi connectivity index (χ0v) is 12.6. The molecule has 112 valence electrons. The summed E-state index contributed by atoms with van der Waals surface area (Å²) in [6, 6.07) is 8.46. The summed E-state index contributed by atoms with van der Waals surface area (Å²) in [5.41, 5.74) is 1.50. The van der Waals surface area contributed by atoms with Gasteiger partial charge in [-0.2, -0.15) is 0 Å². The molecular weight excluding hydrogens is 302 g/mol. The van der Waals surface area contributed by atoms with E-state index >= 15 is 0 Å². The third kappa shape index (κ3) is 3.50. The molecule has 0 aliphatic carbocycles. The average molecular weight is 315 g/mol. The summed E-state index contributed by atoms with van der Waals surface area (Å²) < 4.78 is 10.3. The van der Waals surface area contributed by atoms with Gasteiger partial charge in [0.2, 0.25) is 0 Å². The van der Waals surface area contributed by atoms with E-state index in [0.29, 0.717) is 23.7 Å². The van der Waals surface area contributed by atoms with E-state index < -0.39 is 0 Å². The second-order valence-corrected chi connectivity index (χ2v) is 5.48. The normalized spacial score (nSPS) is 10.4. The van der Waals surface area contributed by atoms with Crippen molar-refractivity contribution >= 4 is 23.1 Å². The first-order valence-corrected chi connectivity index (χ1v) is 7.44. The molecule has 0 unspecified atom stereocenters. The Morgan fingerprint density at radius 3 is 2.77 bits per heavy atom. The van der Waals surface area contributed by atoms with Gasteiger partial charge in [0.1, 0.15) is 23.6 Å². The number of carbonyl (C=O) groups excluding carboxylic acids is 1. The maximum Gasteiger partial charge on any atom is 0.256 e. The van der Waals surface area contributed by atoms with Crippen molar-refractivity contribution in [1.29, 1.82) is 0 Å². The second kappa shape index (κ2) is 6.40. The number of aromatic nitrogens is 2. The summed E-state index contributed by atoms with van der Waals surface area (Å²) in [4.78, 5) is 16.3. The second-order valence-electron chi connectivity index (χ2n) is 4.53. The van der Waals surface area contributed by atoms with Gasteiger partial charge in [0.15, 0.2) is 5.82 Å². The zero-order chi connectivity index (χ0) is 15.4. The fourth-order valence-electron chi connectivity index (χ4n) is 1.78. The van der Waals surface area contributed by atoms with Crippen LogP contribution in [0.2, 0.25) is 0 Å². The number of amides is 1. The van der Waals surface area contributed by atoms with Crippen molar-refractivity contribution in [2.75, 3.05) is 5.32 Å². The summed E-state index contributed by atoms with van der Waals surface area (Å²) in [5.74, 6) is 0.811. The highest BCUT2D eigenvalue weighted by molar-refractivity contribution is 7.09. The van der Waals surface area contributed by atoms with Crippen LogP contribution in [0.4, 0.5) is 5.82 Å². The number of hydrogen-bond acceptors (Lipinski definition) is 6. The minimum atomic E-state index is -0.254. The lowest BCUT2D eigenvalue weighted by molar-refractivity contribution is 0.102. The number of ether oxygens (including phenoxy) is 1. The van der Waals surface area contributed by atoms with Gasteiger partial charge in [-0.25, -0.2) is 4.98 Å². The summed E-state index contributed by atoms with van der Waals surface area (Å²) in [7, 11) is 0. The van der Waals surface area contributed by atoms with E-state index in [1.54, 1.807) is 41.7 Å². The summed E-state index contributed by atoms with van der Waals surface area (Å²) in [5, 5.41) is 9.16. The Labute approximate surface area is 130 Å². The molecule has 0 spiro atoms. The minimum Gasteiger partial charge on any atom is -0.486 e. The van der Waals surface area contributed by atoms with Crippen LogP contribution in [0.5, 0.6) is 5.75 Å². The van der Waals surface area contributed by atoms with Gasteiger partial charge in [0, 0.05) is 22.7 Å². The topological polar surface area (TPSA) is 77.2 Å². The number of benzene rings is 1. The number of hydrogen-bond donors (Lipinski definition) is 1. The Kier molecular flexibility index (Phi) is 4.15. The average Bonchev–Trinajstić information content (AvgIpc) is 3.17. The molecule has 3 aromatic rings. The lowest BCUT2D eigenvalue weighted by Gasteiger charge is -2.05. The summed E-state index contributed by atoms with van der Waals surface area (Å²) >= 11 is 1.56. The SMILES string of the molecule is Cc1csc(COc2ccc(C(=O)Nc3ccon3)cc2)n1. The number of aryl methyl sites for hydroxylation is 1. The number of anilines is 1. The number of nitrogens with zero attached hydrogens (tertiary/aromatic N) is 2. The van der Waals surface area contributed by atoms with Crippen LogP contribution in [0.1, 0.15) is 21.1 Å². The molecule has 0 saturated carbocycles. The van der Waals surface area contributed by atoms with E-state index in [-0.39, 0.29) is 5.91 Å². The van der Waals surface area contributed by atoms with Crippen LogP contribution in [0, 0.1) is 6.92 Å². The van der Waals surface area contributed by atoms with Gasteiger partial charge >= 0.3 is 0 Å². The molecule has 2 aromatic heterocycles. The monoisotopic (exact) mass is 315 g/mol. The molecule has 0 atom stereocenters. The molecule has 0 aliphatic rings. The molecule has 1 amide bonds. The van der Waals surface area contributed by atoms with Crippen LogP contribution in [-0.2, 0) is 6.61 Å². The standard InChI is InChI=1S/C15H13N3O3S/c1-10-9-22-14(16-10)8-20-12-4-2-11(3-5-12)15(19)17-13-6-7-21-18-13/h2-7,9H,8H2,1H3,(H,17,18,19). The summed E-state index contributed by atoms with van der Waals surface area (Å²) in [6.45, 7) is 2.37. The summed E-state index contributed by atoms with van der Waals surface area (Å²) in [6.07, 6.45) is 1.40. The van der Waals surface area contributed by atoms with E-state index in [4.69, 9.17) is 4.74 Å². The van der Waals surface area contributed by atoms with E-state index in [2.05, 4.69) is 20.0 Å². The van der Waals surface area contributed by atoms with Gasteiger partial charge in [0.25, 0.3) is 5.91 Å². The zero-order valence-electron chi connectivity index (χ0n) is 11.8. The highest BCUT2D eigenvalue weighted by atomic mass is 32.1. The number of nitrogens with one attached hydrogen (secondary N) is 1. The fourth-order valence-corrected chi connectivity index (χ4v) is 2.47. The van der Waals surface area contributed by atoms with Crippen LogP contribution in [0.25, 0.3) is 0 Å². The quantitative estimate of drug-likeness (QED) is 0.782. The van der Waals surface area contributed by atoms with Crippen LogP contribution in [-0.4, -0.2) is 16.0 Å². The van der Waals surface area contributed by atoms with E-state index in [0.717, 1.165) is 10.7 Å². The molecule has 0 aliphatic heterocycles. The van der Waals surface area contributed by atoms with Gasteiger partial charge < -0.3 is 14.6 Å². The van der Waals surface area contributed by atoms with Crippen molar-refractivity contribution in [1.82, 2.24) is 10.1 Å². The van der Waals surface area contributed by atoms with Crippen molar-refractivity contribution in [3.63, 3.8) is 0 Å². The lowest BCUT2D eigenvalue weighted by atomic mass is 10.2. The molecule has 7 heteroatoms. The van der Waals surface area contributed by atoms with E-state index in [1.807, 2.05) is 12.3 Å². The maximum atomic E-state index is 12.0. The lowest BCUT2D eigenvalue weighted by Crippen LogP contribution is -2.11. The molecule has 3 rings (SSSR count). The Bertz CT molecular complexity index is 751. The minimum absolute atomic E-state index is 0.254. The molecular formula is C15H13N3O3S. The first-order valence-electron chi connectivity index (χ1n) is 6.56. The van der Waals surface area contributed by atoms with Crippen molar-refractivity contribution in [3.05, 3.63) is 58.2 Å². The molecule has 2 heterocycles. The third-order valence-electron chi connectivity index (χ3n) is 2.82. The molecule has 0 saturated heterocycles. The molecule has 0 fully saturated rings. The smallest absolute Gasteiger partial charge is 0.256 e. The van der Waals surface area contributed by atoms with Gasteiger partial charge in [-0.1, -0.05) is 5.16 Å². The predicted molar refractivity (Wildman–Crippen MR) is 82.1 cm³/mol. The van der Waals surface area contributed by atoms with Crippen molar-refractivity contribution in [2.45, 2.75) is 13.5 Å². The first-order chi connectivity index (χ1) is 10.7. The van der Waals surface area contributed by atoms with Gasteiger partial charge in [-0.15, -0.1) is 11.3 Å². The van der Waals surface area contributed by atoms with Crippen LogP contribution in [0.15, 0.2) is 46.5 Å².